The van der Waals surface area contributed by atoms with Gasteiger partial charge in [0.15, 0.2) is 0 Å². The molecule has 0 radical (unpaired) electrons. The van der Waals surface area contributed by atoms with Gasteiger partial charge in [-0.3, -0.25) is 4.68 Å². The van der Waals surface area contributed by atoms with Crippen molar-refractivity contribution >= 4 is 20.0 Å². The molecule has 1 aromatic carbocycles. The van der Waals surface area contributed by atoms with Gasteiger partial charge in [0.25, 0.3) is 0 Å². The first kappa shape index (κ1) is 19.0. The second-order valence-corrected chi connectivity index (χ2v) is 9.86. The van der Waals surface area contributed by atoms with Gasteiger partial charge >= 0.3 is 0 Å². The van der Waals surface area contributed by atoms with Crippen molar-refractivity contribution in [3.63, 3.8) is 0 Å². The molecule has 0 aliphatic carbocycles. The molecule has 142 valence electrons. The lowest BCUT2D eigenvalue weighted by Gasteiger charge is -2.33. The van der Waals surface area contributed by atoms with E-state index in [1.807, 2.05) is 0 Å². The highest BCUT2D eigenvalue weighted by Crippen LogP contribution is 2.23. The molecule has 0 N–H and O–H groups in total. The summed E-state index contributed by atoms with van der Waals surface area (Å²) in [6, 6.07) is 4.57. The summed E-state index contributed by atoms with van der Waals surface area (Å²) in [5, 5.41) is 4.05. The van der Waals surface area contributed by atoms with Crippen molar-refractivity contribution < 1.29 is 21.2 Å². The molecule has 0 atom stereocenters. The largest absolute Gasteiger partial charge is 0.274 e. The molecule has 1 fully saturated rings. The van der Waals surface area contributed by atoms with Crippen LogP contribution in [0.25, 0.3) is 0 Å². The summed E-state index contributed by atoms with van der Waals surface area (Å²) in [6.07, 6.45) is 1.44. The second kappa shape index (κ2) is 6.72. The van der Waals surface area contributed by atoms with Crippen LogP contribution in [0, 0.1) is 12.7 Å². The Morgan fingerprint density at radius 1 is 0.923 bits per heavy atom. The van der Waals surface area contributed by atoms with Crippen LogP contribution in [0.3, 0.4) is 0 Å². The van der Waals surface area contributed by atoms with Gasteiger partial charge in [0, 0.05) is 39.4 Å². The molecule has 0 unspecified atom stereocenters. The quantitative estimate of drug-likeness (QED) is 0.745. The molecule has 0 saturated carbocycles. The van der Waals surface area contributed by atoms with Gasteiger partial charge in [-0.2, -0.15) is 13.7 Å². The number of hydrogen-bond acceptors (Lipinski definition) is 5. The molecule has 2 aromatic rings. The smallest absolute Gasteiger partial charge is 0.246 e. The van der Waals surface area contributed by atoms with Crippen molar-refractivity contribution in [2.24, 2.45) is 7.05 Å². The summed E-state index contributed by atoms with van der Waals surface area (Å²) in [4.78, 5) is 0.105. The van der Waals surface area contributed by atoms with Gasteiger partial charge in [0.1, 0.15) is 10.7 Å². The van der Waals surface area contributed by atoms with E-state index < -0.39 is 25.9 Å². The Labute approximate surface area is 151 Å². The number of nitrogens with zero attached hydrogens (tertiary/aromatic N) is 4. The molecule has 1 aliphatic rings. The first-order valence-electron chi connectivity index (χ1n) is 7.88. The van der Waals surface area contributed by atoms with Crippen LogP contribution in [0.4, 0.5) is 4.39 Å². The third kappa shape index (κ3) is 3.39. The minimum absolute atomic E-state index is 0.0155. The number of halogens is 1. The van der Waals surface area contributed by atoms with Crippen LogP contribution in [0.5, 0.6) is 0 Å². The summed E-state index contributed by atoms with van der Waals surface area (Å²) in [6.45, 7) is 1.74. The molecule has 3 rings (SSSR count). The number of aromatic nitrogens is 2. The molecule has 1 aromatic heterocycles. The van der Waals surface area contributed by atoms with Gasteiger partial charge < -0.3 is 0 Å². The zero-order valence-electron chi connectivity index (χ0n) is 14.3. The van der Waals surface area contributed by atoms with Crippen LogP contribution in [-0.4, -0.2) is 61.4 Å². The molecular weight excluding hydrogens is 383 g/mol. The molecule has 0 spiro atoms. The normalized spacial score (nSPS) is 17.5. The van der Waals surface area contributed by atoms with E-state index in [4.69, 9.17) is 0 Å². The minimum Gasteiger partial charge on any atom is -0.274 e. The second-order valence-electron chi connectivity index (χ2n) is 6.01. The van der Waals surface area contributed by atoms with Gasteiger partial charge in [-0.05, 0) is 31.2 Å². The topological polar surface area (TPSA) is 92.6 Å². The fourth-order valence-corrected chi connectivity index (χ4v) is 5.92. The summed E-state index contributed by atoms with van der Waals surface area (Å²) >= 11 is 0. The van der Waals surface area contributed by atoms with Crippen molar-refractivity contribution in [1.29, 1.82) is 0 Å². The number of piperazine rings is 1. The molecular formula is C15H19FN4O4S2. The first-order valence-corrected chi connectivity index (χ1v) is 10.8. The third-order valence-corrected chi connectivity index (χ3v) is 8.15. The van der Waals surface area contributed by atoms with Crippen LogP contribution in [0.15, 0.2) is 40.3 Å². The molecule has 1 saturated heterocycles. The molecule has 8 nitrogen and oxygen atoms in total. The lowest BCUT2D eigenvalue weighted by atomic mass is 10.4. The Kier molecular flexibility index (Phi) is 4.90. The van der Waals surface area contributed by atoms with E-state index in [1.54, 1.807) is 14.0 Å². The molecule has 26 heavy (non-hydrogen) atoms. The maximum absolute atomic E-state index is 13.0. The van der Waals surface area contributed by atoms with Gasteiger partial charge in [-0.1, -0.05) is 0 Å². The Morgan fingerprint density at radius 2 is 1.42 bits per heavy atom. The zero-order valence-corrected chi connectivity index (χ0v) is 16.0. The van der Waals surface area contributed by atoms with E-state index in [2.05, 4.69) is 5.10 Å². The number of sulfonamides is 2. The van der Waals surface area contributed by atoms with E-state index in [1.165, 1.54) is 31.6 Å². The fourth-order valence-electron chi connectivity index (χ4n) is 2.88. The monoisotopic (exact) mass is 402 g/mol. The van der Waals surface area contributed by atoms with Gasteiger partial charge in [-0.25, -0.2) is 21.2 Å². The summed E-state index contributed by atoms with van der Waals surface area (Å²) < 4.78 is 67.6. The molecule has 2 heterocycles. The van der Waals surface area contributed by atoms with Crippen molar-refractivity contribution in [2.45, 2.75) is 16.7 Å². The molecule has 0 amide bonds. The van der Waals surface area contributed by atoms with Crippen LogP contribution in [0.2, 0.25) is 0 Å². The summed E-state index contributed by atoms with van der Waals surface area (Å²) in [7, 11) is -5.88. The van der Waals surface area contributed by atoms with E-state index in [0.717, 1.165) is 12.1 Å². The van der Waals surface area contributed by atoms with Gasteiger partial charge in [0.2, 0.25) is 20.0 Å². The Balaban J connectivity index is 1.77. The maximum Gasteiger partial charge on any atom is 0.246 e. The summed E-state index contributed by atoms with van der Waals surface area (Å²) in [5.41, 5.74) is 0.397. The van der Waals surface area contributed by atoms with E-state index in [-0.39, 0.29) is 36.0 Å². The average molecular weight is 402 g/mol. The predicted molar refractivity (Wildman–Crippen MR) is 91.9 cm³/mol. The number of aryl methyl sites for hydroxylation is 2. The number of hydrogen-bond donors (Lipinski definition) is 0. The molecule has 11 heteroatoms. The van der Waals surface area contributed by atoms with Crippen molar-refractivity contribution in [3.8, 4) is 0 Å². The summed E-state index contributed by atoms with van der Waals surface area (Å²) in [5.74, 6) is -0.522. The Bertz CT molecular complexity index is 1010. The molecule has 1 aliphatic heterocycles. The van der Waals surface area contributed by atoms with Crippen molar-refractivity contribution in [3.05, 3.63) is 42.0 Å². The first-order chi connectivity index (χ1) is 12.1. The SMILES string of the molecule is Cc1nn(C)cc1S(=O)(=O)N1CCN(S(=O)(=O)c2ccc(F)cc2)CC1. The van der Waals surface area contributed by atoms with E-state index in [9.17, 15) is 21.2 Å². The number of benzene rings is 1. The van der Waals surface area contributed by atoms with Gasteiger partial charge in [0.05, 0.1) is 10.6 Å². The zero-order chi connectivity index (χ0) is 19.1. The maximum atomic E-state index is 13.0. The predicted octanol–water partition coefficient (Wildman–Crippen LogP) is 0.563. The average Bonchev–Trinajstić information content (AvgIpc) is 2.94. The van der Waals surface area contributed by atoms with Crippen LogP contribution in [0.1, 0.15) is 5.69 Å². The van der Waals surface area contributed by atoms with Crippen LogP contribution < -0.4 is 0 Å². The highest BCUT2D eigenvalue weighted by atomic mass is 32.2. The highest BCUT2D eigenvalue weighted by Gasteiger charge is 2.35. The lowest BCUT2D eigenvalue weighted by Crippen LogP contribution is -2.50. The molecule has 0 bridgehead atoms. The van der Waals surface area contributed by atoms with Crippen LogP contribution >= 0.6 is 0 Å². The van der Waals surface area contributed by atoms with Crippen LogP contribution in [-0.2, 0) is 27.1 Å². The van der Waals surface area contributed by atoms with Gasteiger partial charge in [-0.15, -0.1) is 0 Å². The number of rotatable bonds is 4. The minimum atomic E-state index is -3.79. The standard InChI is InChI=1S/C15H19FN4O4S2/c1-12-15(11-18(2)17-12)26(23,24)20-9-7-19(8-10-20)25(21,22)14-5-3-13(16)4-6-14/h3-6,11H,7-10H2,1-2H3. The Hall–Kier alpha value is -1.82. The lowest BCUT2D eigenvalue weighted by molar-refractivity contribution is 0.272. The fraction of sp³-hybridized carbons (Fsp3) is 0.400. The van der Waals surface area contributed by atoms with Crippen molar-refractivity contribution in [2.75, 3.05) is 26.2 Å². The Morgan fingerprint density at radius 3 is 1.88 bits per heavy atom. The van der Waals surface area contributed by atoms with Crippen molar-refractivity contribution in [1.82, 2.24) is 18.4 Å². The van der Waals surface area contributed by atoms with E-state index in [0.29, 0.717) is 5.69 Å². The third-order valence-electron chi connectivity index (χ3n) is 4.24. The van der Waals surface area contributed by atoms with E-state index >= 15 is 0 Å². The highest BCUT2D eigenvalue weighted by molar-refractivity contribution is 7.89.